The van der Waals surface area contributed by atoms with E-state index in [2.05, 4.69) is 27.4 Å². The summed E-state index contributed by atoms with van der Waals surface area (Å²) in [4.78, 5) is 4.41. The van der Waals surface area contributed by atoms with Gasteiger partial charge in [-0.2, -0.15) is 5.10 Å². The number of hydrogen-bond acceptors (Lipinski definition) is 3. The number of H-pyrrole nitrogens is 1. The van der Waals surface area contributed by atoms with Crippen LogP contribution in [0.4, 0.5) is 0 Å². The predicted molar refractivity (Wildman–Crippen MR) is 50.4 cm³/mol. The molecule has 1 fully saturated rings. The Labute approximate surface area is 78.1 Å². The van der Waals surface area contributed by atoms with E-state index in [0.717, 1.165) is 31.2 Å². The van der Waals surface area contributed by atoms with Crippen LogP contribution < -0.4 is 5.32 Å². The summed E-state index contributed by atoms with van der Waals surface area (Å²) in [5, 5.41) is 10.4. The molecule has 1 aromatic heterocycles. The molecule has 0 aliphatic heterocycles. The van der Waals surface area contributed by atoms with Gasteiger partial charge in [0.25, 0.3) is 0 Å². The Kier molecular flexibility index (Phi) is 2.59. The maximum atomic E-state index is 4.41. The highest BCUT2D eigenvalue weighted by Crippen LogP contribution is 2.37. The number of nitrogens with zero attached hydrogens (tertiary/aromatic N) is 2. The number of aromatic amines is 1. The van der Waals surface area contributed by atoms with Crippen LogP contribution in [0, 0.1) is 0 Å². The Bertz CT molecular complexity index is 264. The molecule has 0 radical (unpaired) electrons. The highest BCUT2D eigenvalue weighted by molar-refractivity contribution is 5.04. The summed E-state index contributed by atoms with van der Waals surface area (Å²) in [7, 11) is 0. The van der Waals surface area contributed by atoms with Gasteiger partial charge >= 0.3 is 0 Å². The van der Waals surface area contributed by atoms with Crippen LogP contribution in [0.1, 0.15) is 43.8 Å². The van der Waals surface area contributed by atoms with Crippen LogP contribution in [-0.4, -0.2) is 21.7 Å². The highest BCUT2D eigenvalue weighted by atomic mass is 15.2. The zero-order valence-corrected chi connectivity index (χ0v) is 8.01. The third kappa shape index (κ3) is 2.28. The average Bonchev–Trinajstić information content (AvgIpc) is 2.88. The minimum Gasteiger partial charge on any atom is -0.310 e. The number of hydrogen-bond donors (Lipinski definition) is 2. The number of aromatic nitrogens is 3. The monoisotopic (exact) mass is 180 g/mol. The van der Waals surface area contributed by atoms with Crippen molar-refractivity contribution in [1.82, 2.24) is 20.5 Å². The second kappa shape index (κ2) is 3.87. The van der Waals surface area contributed by atoms with Gasteiger partial charge in [0.2, 0.25) is 0 Å². The van der Waals surface area contributed by atoms with Crippen molar-refractivity contribution >= 4 is 0 Å². The van der Waals surface area contributed by atoms with Crippen molar-refractivity contribution in [1.29, 1.82) is 0 Å². The molecule has 1 aliphatic rings. The largest absolute Gasteiger partial charge is 0.310 e. The molecule has 0 amide bonds. The molecule has 1 aliphatic carbocycles. The Morgan fingerprint density at radius 3 is 3.08 bits per heavy atom. The quantitative estimate of drug-likeness (QED) is 0.669. The van der Waals surface area contributed by atoms with E-state index in [1.807, 2.05) is 0 Å². The summed E-state index contributed by atoms with van der Waals surface area (Å²) in [5.74, 6) is 2.62. The van der Waals surface area contributed by atoms with Crippen molar-refractivity contribution in [3.63, 3.8) is 0 Å². The normalized spacial score (nSPS) is 16.4. The molecule has 2 rings (SSSR count). The molecule has 2 N–H and O–H groups in total. The fraction of sp³-hybridized carbons (Fsp3) is 0.778. The zero-order valence-electron chi connectivity index (χ0n) is 8.01. The maximum Gasteiger partial charge on any atom is 0.153 e. The van der Waals surface area contributed by atoms with Crippen molar-refractivity contribution in [3.05, 3.63) is 11.6 Å². The van der Waals surface area contributed by atoms with Gasteiger partial charge in [-0.1, -0.05) is 6.92 Å². The molecule has 4 heteroatoms. The molecule has 0 bridgehead atoms. The first-order chi connectivity index (χ1) is 6.40. The molecule has 0 saturated heterocycles. The first kappa shape index (κ1) is 8.69. The summed E-state index contributed by atoms with van der Waals surface area (Å²) in [5.41, 5.74) is 0. The van der Waals surface area contributed by atoms with Gasteiger partial charge in [0.15, 0.2) is 5.82 Å². The third-order valence-corrected chi connectivity index (χ3v) is 2.21. The van der Waals surface area contributed by atoms with Crippen LogP contribution in [0.2, 0.25) is 0 Å². The van der Waals surface area contributed by atoms with Gasteiger partial charge in [-0.15, -0.1) is 0 Å². The van der Waals surface area contributed by atoms with Gasteiger partial charge in [-0.3, -0.25) is 5.10 Å². The first-order valence-corrected chi connectivity index (χ1v) is 5.02. The highest BCUT2D eigenvalue weighted by Gasteiger charge is 2.27. The Morgan fingerprint density at radius 1 is 1.54 bits per heavy atom. The lowest BCUT2D eigenvalue weighted by atomic mass is 10.4. The molecule has 0 aromatic carbocycles. The van der Waals surface area contributed by atoms with Gasteiger partial charge < -0.3 is 5.32 Å². The van der Waals surface area contributed by atoms with Crippen LogP contribution in [-0.2, 0) is 6.54 Å². The SMILES string of the molecule is CCCNCc1nc(C2CC2)n[nH]1. The van der Waals surface area contributed by atoms with Gasteiger partial charge in [-0.05, 0) is 25.8 Å². The van der Waals surface area contributed by atoms with E-state index in [1.165, 1.54) is 12.8 Å². The molecule has 4 nitrogen and oxygen atoms in total. The van der Waals surface area contributed by atoms with Crippen molar-refractivity contribution < 1.29 is 0 Å². The molecular weight excluding hydrogens is 164 g/mol. The minimum absolute atomic E-state index is 0.649. The summed E-state index contributed by atoms with van der Waals surface area (Å²) in [6, 6.07) is 0. The summed E-state index contributed by atoms with van der Waals surface area (Å²) < 4.78 is 0. The van der Waals surface area contributed by atoms with E-state index in [0.29, 0.717) is 5.92 Å². The number of rotatable bonds is 5. The first-order valence-electron chi connectivity index (χ1n) is 5.02. The molecule has 72 valence electrons. The predicted octanol–water partition coefficient (Wildman–Crippen LogP) is 1.18. The van der Waals surface area contributed by atoms with Crippen LogP contribution in [0.5, 0.6) is 0 Å². The van der Waals surface area contributed by atoms with E-state index < -0.39 is 0 Å². The van der Waals surface area contributed by atoms with E-state index in [4.69, 9.17) is 0 Å². The molecule has 1 heterocycles. The van der Waals surface area contributed by atoms with E-state index in [1.54, 1.807) is 0 Å². The zero-order chi connectivity index (χ0) is 9.10. The third-order valence-electron chi connectivity index (χ3n) is 2.21. The Hall–Kier alpha value is -0.900. The van der Waals surface area contributed by atoms with Crippen molar-refractivity contribution in [3.8, 4) is 0 Å². The van der Waals surface area contributed by atoms with Gasteiger partial charge in [0.1, 0.15) is 5.82 Å². The van der Waals surface area contributed by atoms with E-state index >= 15 is 0 Å². The van der Waals surface area contributed by atoms with Crippen molar-refractivity contribution in [2.45, 2.75) is 38.6 Å². The van der Waals surface area contributed by atoms with E-state index in [9.17, 15) is 0 Å². The molecule has 0 atom stereocenters. The fourth-order valence-electron chi connectivity index (χ4n) is 1.30. The minimum atomic E-state index is 0.649. The lowest BCUT2D eigenvalue weighted by Crippen LogP contribution is -2.14. The molecule has 1 aromatic rings. The topological polar surface area (TPSA) is 53.6 Å². The Balaban J connectivity index is 1.82. The van der Waals surface area contributed by atoms with Gasteiger partial charge in [0, 0.05) is 5.92 Å². The second-order valence-electron chi connectivity index (χ2n) is 3.59. The maximum absolute atomic E-state index is 4.41. The lowest BCUT2D eigenvalue weighted by Gasteiger charge is -1.97. The smallest absolute Gasteiger partial charge is 0.153 e. The molecule has 0 unspecified atom stereocenters. The summed E-state index contributed by atoms with van der Waals surface area (Å²) in [6.07, 6.45) is 3.68. The van der Waals surface area contributed by atoms with Crippen LogP contribution in [0.15, 0.2) is 0 Å². The van der Waals surface area contributed by atoms with Gasteiger partial charge in [-0.25, -0.2) is 4.98 Å². The number of nitrogens with one attached hydrogen (secondary N) is 2. The van der Waals surface area contributed by atoms with Gasteiger partial charge in [0.05, 0.1) is 6.54 Å². The fourth-order valence-corrected chi connectivity index (χ4v) is 1.30. The summed E-state index contributed by atoms with van der Waals surface area (Å²) in [6.45, 7) is 4.01. The van der Waals surface area contributed by atoms with Crippen LogP contribution >= 0.6 is 0 Å². The Morgan fingerprint density at radius 2 is 2.38 bits per heavy atom. The van der Waals surface area contributed by atoms with E-state index in [-0.39, 0.29) is 0 Å². The summed E-state index contributed by atoms with van der Waals surface area (Å²) >= 11 is 0. The molecule has 13 heavy (non-hydrogen) atoms. The standard InChI is InChI=1S/C9H16N4/c1-2-5-10-6-8-11-9(13-12-8)7-3-4-7/h7,10H,2-6H2,1H3,(H,11,12,13). The lowest BCUT2D eigenvalue weighted by molar-refractivity contribution is 0.652. The van der Waals surface area contributed by atoms with Crippen molar-refractivity contribution in [2.24, 2.45) is 0 Å². The van der Waals surface area contributed by atoms with Crippen LogP contribution in [0.25, 0.3) is 0 Å². The van der Waals surface area contributed by atoms with Crippen LogP contribution in [0.3, 0.4) is 0 Å². The second-order valence-corrected chi connectivity index (χ2v) is 3.59. The van der Waals surface area contributed by atoms with Crippen molar-refractivity contribution in [2.75, 3.05) is 6.54 Å². The molecular formula is C9H16N4. The average molecular weight is 180 g/mol. The molecule has 0 spiro atoms. The molecule has 1 saturated carbocycles.